The maximum atomic E-state index is 12.2. The number of nitrogens with one attached hydrogen (secondary N) is 2. The number of urea groups is 1. The second-order valence-corrected chi connectivity index (χ2v) is 6.97. The molecule has 1 aliphatic rings. The van der Waals surface area contributed by atoms with E-state index in [4.69, 9.17) is 9.47 Å². The van der Waals surface area contributed by atoms with Gasteiger partial charge in [-0.15, -0.1) is 0 Å². The van der Waals surface area contributed by atoms with Crippen LogP contribution in [0, 0.1) is 0 Å². The van der Waals surface area contributed by atoms with Gasteiger partial charge in [-0.3, -0.25) is 0 Å². The van der Waals surface area contributed by atoms with Crippen molar-refractivity contribution in [3.63, 3.8) is 0 Å². The van der Waals surface area contributed by atoms with E-state index >= 15 is 0 Å². The van der Waals surface area contributed by atoms with Gasteiger partial charge in [-0.1, -0.05) is 43.2 Å². The fraction of sp³-hybridized carbons (Fsp3) is 0.409. The molecule has 0 saturated heterocycles. The molecule has 3 rings (SSSR count). The summed E-state index contributed by atoms with van der Waals surface area (Å²) in [5.74, 6) is 0.825. The first kappa shape index (κ1) is 20.2. The molecule has 28 heavy (non-hydrogen) atoms. The third-order valence-electron chi connectivity index (χ3n) is 4.74. The molecule has 2 atom stereocenters. The lowest BCUT2D eigenvalue weighted by Crippen LogP contribution is -2.46. The number of aliphatic hydroxyl groups is 1. The van der Waals surface area contributed by atoms with E-state index in [2.05, 4.69) is 10.6 Å². The van der Waals surface area contributed by atoms with Gasteiger partial charge in [0.05, 0.1) is 25.4 Å². The van der Waals surface area contributed by atoms with E-state index in [-0.39, 0.29) is 12.1 Å². The fourth-order valence-electron chi connectivity index (χ4n) is 3.28. The fourth-order valence-corrected chi connectivity index (χ4v) is 3.28. The molecular weight excluding hydrogens is 356 g/mol. The number of hydrogen-bond acceptors (Lipinski definition) is 4. The highest BCUT2D eigenvalue weighted by atomic mass is 16.5. The molecule has 2 aromatic rings. The second kappa shape index (κ2) is 10.7. The van der Waals surface area contributed by atoms with E-state index in [1.165, 1.54) is 0 Å². The van der Waals surface area contributed by atoms with Crippen molar-refractivity contribution in [1.29, 1.82) is 0 Å². The number of carbonyl (C=O) groups is 1. The molecule has 1 aliphatic carbocycles. The van der Waals surface area contributed by atoms with Crippen molar-refractivity contribution >= 4 is 11.7 Å². The van der Waals surface area contributed by atoms with Crippen LogP contribution in [-0.4, -0.2) is 36.5 Å². The predicted molar refractivity (Wildman–Crippen MR) is 108 cm³/mol. The smallest absolute Gasteiger partial charge is 0.319 e. The highest BCUT2D eigenvalue weighted by molar-refractivity contribution is 5.89. The van der Waals surface area contributed by atoms with Gasteiger partial charge in [0, 0.05) is 5.69 Å². The molecule has 2 amide bonds. The first-order chi connectivity index (χ1) is 13.7. The maximum absolute atomic E-state index is 12.2. The van der Waals surface area contributed by atoms with Crippen LogP contribution in [0.2, 0.25) is 0 Å². The van der Waals surface area contributed by atoms with Crippen LogP contribution in [0.25, 0.3) is 0 Å². The highest BCUT2D eigenvalue weighted by Crippen LogP contribution is 2.19. The lowest BCUT2D eigenvalue weighted by Gasteiger charge is -2.28. The molecule has 0 aliphatic heterocycles. The quantitative estimate of drug-likeness (QED) is 0.606. The summed E-state index contributed by atoms with van der Waals surface area (Å²) in [6.45, 7) is 1.40. The number of para-hydroxylation sites is 1. The summed E-state index contributed by atoms with van der Waals surface area (Å²) in [6.07, 6.45) is 3.14. The lowest BCUT2D eigenvalue weighted by molar-refractivity contribution is 0.0889. The predicted octanol–water partition coefficient (Wildman–Crippen LogP) is 3.71. The number of ether oxygens (including phenoxy) is 2. The third-order valence-corrected chi connectivity index (χ3v) is 4.74. The van der Waals surface area contributed by atoms with Crippen molar-refractivity contribution in [2.75, 3.05) is 18.5 Å². The Balaban J connectivity index is 1.39. The molecule has 0 aromatic heterocycles. The molecule has 2 aromatic carbocycles. The summed E-state index contributed by atoms with van der Waals surface area (Å²) in [4.78, 5) is 12.2. The normalized spacial score (nSPS) is 19.0. The average Bonchev–Trinajstić information content (AvgIpc) is 2.70. The second-order valence-electron chi connectivity index (χ2n) is 6.97. The average molecular weight is 384 g/mol. The minimum Gasteiger partial charge on any atom is -0.491 e. The van der Waals surface area contributed by atoms with Crippen molar-refractivity contribution in [2.24, 2.45) is 0 Å². The van der Waals surface area contributed by atoms with Crippen LogP contribution in [0.4, 0.5) is 10.5 Å². The lowest BCUT2D eigenvalue weighted by atomic mass is 9.93. The van der Waals surface area contributed by atoms with Gasteiger partial charge in [0.1, 0.15) is 12.4 Å². The third kappa shape index (κ3) is 6.55. The van der Waals surface area contributed by atoms with Crippen molar-refractivity contribution < 1.29 is 19.4 Å². The summed E-state index contributed by atoms with van der Waals surface area (Å²) in [5, 5.41) is 15.7. The summed E-state index contributed by atoms with van der Waals surface area (Å²) < 4.78 is 11.2. The van der Waals surface area contributed by atoms with E-state index < -0.39 is 6.10 Å². The topological polar surface area (TPSA) is 79.8 Å². The standard InChI is InChI=1S/C22H28N2O4/c25-21-12-5-4-11-20(21)24-22(26)23-18-8-6-7-17(15-18)16-27-13-14-28-19-9-2-1-3-10-19/h1-3,6-10,15,20-21,25H,4-5,11-14,16H2,(H2,23,24,26). The Morgan fingerprint density at radius 3 is 2.68 bits per heavy atom. The molecule has 6 heteroatoms. The van der Waals surface area contributed by atoms with E-state index in [0.29, 0.717) is 25.5 Å². The van der Waals surface area contributed by atoms with Gasteiger partial charge in [0.2, 0.25) is 0 Å². The molecule has 1 fully saturated rings. The van der Waals surface area contributed by atoms with E-state index in [0.717, 1.165) is 37.0 Å². The van der Waals surface area contributed by atoms with E-state index in [9.17, 15) is 9.90 Å². The van der Waals surface area contributed by atoms with Gasteiger partial charge in [0.25, 0.3) is 0 Å². The number of rotatable bonds is 8. The summed E-state index contributed by atoms with van der Waals surface area (Å²) in [6, 6.07) is 16.7. The van der Waals surface area contributed by atoms with Gasteiger partial charge in [-0.05, 0) is 42.7 Å². The minimum atomic E-state index is -0.461. The van der Waals surface area contributed by atoms with Gasteiger partial charge >= 0.3 is 6.03 Å². The Hall–Kier alpha value is -2.57. The molecule has 6 nitrogen and oxygen atoms in total. The number of aliphatic hydroxyl groups excluding tert-OH is 1. The molecule has 1 saturated carbocycles. The molecule has 0 spiro atoms. The van der Waals surface area contributed by atoms with Crippen LogP contribution in [0.5, 0.6) is 5.75 Å². The molecule has 2 unspecified atom stereocenters. The molecule has 0 radical (unpaired) electrons. The van der Waals surface area contributed by atoms with Crippen LogP contribution in [0.1, 0.15) is 31.2 Å². The largest absolute Gasteiger partial charge is 0.491 e. The summed E-state index contributed by atoms with van der Waals surface area (Å²) in [7, 11) is 0. The zero-order valence-electron chi connectivity index (χ0n) is 16.0. The van der Waals surface area contributed by atoms with Crippen LogP contribution < -0.4 is 15.4 Å². The van der Waals surface area contributed by atoms with Crippen molar-refractivity contribution in [3.8, 4) is 5.75 Å². The van der Waals surface area contributed by atoms with Crippen LogP contribution in [0.3, 0.4) is 0 Å². The van der Waals surface area contributed by atoms with E-state index in [1.54, 1.807) is 0 Å². The molecule has 3 N–H and O–H groups in total. The highest BCUT2D eigenvalue weighted by Gasteiger charge is 2.24. The number of anilines is 1. The van der Waals surface area contributed by atoms with Crippen LogP contribution >= 0.6 is 0 Å². The Labute approximate surface area is 165 Å². The minimum absolute atomic E-state index is 0.176. The molecule has 0 bridgehead atoms. The van der Waals surface area contributed by atoms with Crippen molar-refractivity contribution in [2.45, 2.75) is 44.4 Å². The Morgan fingerprint density at radius 1 is 1.04 bits per heavy atom. The zero-order chi connectivity index (χ0) is 19.6. The van der Waals surface area contributed by atoms with Gasteiger partial charge in [0.15, 0.2) is 0 Å². The molecule has 150 valence electrons. The zero-order valence-corrected chi connectivity index (χ0v) is 16.0. The summed E-state index contributed by atoms with van der Waals surface area (Å²) >= 11 is 0. The Bertz CT molecular complexity index is 738. The Kier molecular flexibility index (Phi) is 7.70. The van der Waals surface area contributed by atoms with Crippen LogP contribution in [-0.2, 0) is 11.3 Å². The Morgan fingerprint density at radius 2 is 1.86 bits per heavy atom. The van der Waals surface area contributed by atoms with Gasteiger partial charge < -0.3 is 25.2 Å². The van der Waals surface area contributed by atoms with E-state index in [1.807, 2.05) is 54.6 Å². The summed E-state index contributed by atoms with van der Waals surface area (Å²) in [5.41, 5.74) is 1.67. The number of carbonyl (C=O) groups excluding carboxylic acids is 1. The van der Waals surface area contributed by atoms with Gasteiger partial charge in [-0.25, -0.2) is 4.79 Å². The molecule has 0 heterocycles. The number of hydrogen-bond donors (Lipinski definition) is 3. The SMILES string of the molecule is O=C(Nc1cccc(COCCOc2ccccc2)c1)NC1CCCCC1O. The van der Waals surface area contributed by atoms with Crippen LogP contribution in [0.15, 0.2) is 54.6 Å². The molecular formula is C22H28N2O4. The first-order valence-electron chi connectivity index (χ1n) is 9.81. The maximum Gasteiger partial charge on any atom is 0.319 e. The van der Waals surface area contributed by atoms with Crippen molar-refractivity contribution in [1.82, 2.24) is 5.32 Å². The number of benzene rings is 2. The first-order valence-corrected chi connectivity index (χ1v) is 9.81. The monoisotopic (exact) mass is 384 g/mol. The van der Waals surface area contributed by atoms with Gasteiger partial charge in [-0.2, -0.15) is 0 Å². The number of amides is 2. The van der Waals surface area contributed by atoms with Crippen molar-refractivity contribution in [3.05, 3.63) is 60.2 Å².